The van der Waals surface area contributed by atoms with Gasteiger partial charge in [0.2, 0.25) is 0 Å². The number of fused-ring (bicyclic) bond motifs is 3. The zero-order valence-electron chi connectivity index (χ0n) is 6.59. The van der Waals surface area contributed by atoms with Gasteiger partial charge < -0.3 is 9.47 Å². The molecule has 1 saturated heterocycles. The van der Waals surface area contributed by atoms with Crippen molar-refractivity contribution < 1.29 is 13.9 Å². The molecule has 68 valence electrons. The van der Waals surface area contributed by atoms with Gasteiger partial charge in [0.15, 0.2) is 11.6 Å². The number of hydrogen-bond donors (Lipinski definition) is 0. The first-order valence-electron chi connectivity index (χ1n) is 4.03. The van der Waals surface area contributed by atoms with Crippen LogP contribution in [0.4, 0.5) is 4.39 Å². The molecule has 1 aromatic rings. The van der Waals surface area contributed by atoms with Gasteiger partial charge in [0.05, 0.1) is 0 Å². The van der Waals surface area contributed by atoms with Crippen LogP contribution in [0, 0.1) is 5.82 Å². The summed E-state index contributed by atoms with van der Waals surface area (Å²) in [5, 5.41) is 0. The molecule has 0 aliphatic carbocycles. The highest BCUT2D eigenvalue weighted by molar-refractivity contribution is 9.10. The molecule has 2 aliphatic rings. The van der Waals surface area contributed by atoms with Crippen LogP contribution in [0.5, 0.6) is 5.75 Å². The molecule has 1 fully saturated rings. The number of halogens is 2. The Kier molecular flexibility index (Phi) is 1.46. The van der Waals surface area contributed by atoms with Gasteiger partial charge in [-0.1, -0.05) is 15.9 Å². The number of benzene rings is 1. The van der Waals surface area contributed by atoms with E-state index in [1.54, 1.807) is 0 Å². The van der Waals surface area contributed by atoms with Crippen molar-refractivity contribution in [3.8, 4) is 5.75 Å². The molecule has 13 heavy (non-hydrogen) atoms. The molecule has 2 nitrogen and oxygen atoms in total. The van der Waals surface area contributed by atoms with Crippen LogP contribution in [-0.2, 0) is 4.74 Å². The number of rotatable bonds is 0. The van der Waals surface area contributed by atoms with Crippen molar-refractivity contribution in [2.24, 2.45) is 0 Å². The summed E-state index contributed by atoms with van der Waals surface area (Å²) in [6.07, 6.45) is 0.192. The fraction of sp³-hybridized carbons (Fsp3) is 0.333. The molecular formula is C9H6BrFO2. The summed E-state index contributed by atoms with van der Waals surface area (Å²) in [6.45, 7) is 0.468. The number of epoxide rings is 1. The first kappa shape index (κ1) is 7.76. The van der Waals surface area contributed by atoms with E-state index in [0.29, 0.717) is 12.4 Å². The van der Waals surface area contributed by atoms with Crippen molar-refractivity contribution in [2.75, 3.05) is 6.61 Å². The molecule has 0 bridgehead atoms. The molecule has 2 aliphatic heterocycles. The third-order valence-electron chi connectivity index (χ3n) is 2.32. The van der Waals surface area contributed by atoms with Gasteiger partial charge in [-0.3, -0.25) is 0 Å². The first-order chi connectivity index (χ1) is 6.25. The standard InChI is InChI=1S/C9H6BrFO2/c10-4-1-5-8(6(11)2-4)12-3-7-9(5)13-7/h1-2,7,9H,3H2/t7-,9+/m1/s1. The Balaban J connectivity index is 2.19. The molecule has 0 saturated carbocycles. The van der Waals surface area contributed by atoms with Crippen LogP contribution in [0.1, 0.15) is 11.7 Å². The number of ether oxygens (including phenoxy) is 2. The molecule has 0 amide bonds. The number of hydrogen-bond acceptors (Lipinski definition) is 2. The summed E-state index contributed by atoms with van der Waals surface area (Å²) in [5.41, 5.74) is 0.822. The lowest BCUT2D eigenvalue weighted by molar-refractivity contribution is 0.258. The maximum Gasteiger partial charge on any atom is 0.166 e. The summed E-state index contributed by atoms with van der Waals surface area (Å²) < 4.78 is 24.6. The van der Waals surface area contributed by atoms with E-state index in [0.717, 1.165) is 10.0 Å². The van der Waals surface area contributed by atoms with Crippen LogP contribution < -0.4 is 4.74 Å². The monoisotopic (exact) mass is 244 g/mol. The Morgan fingerprint density at radius 3 is 3.15 bits per heavy atom. The molecule has 4 heteroatoms. The van der Waals surface area contributed by atoms with Crippen LogP contribution in [0.3, 0.4) is 0 Å². The maximum atomic E-state index is 13.3. The average molecular weight is 245 g/mol. The molecule has 0 spiro atoms. The summed E-state index contributed by atoms with van der Waals surface area (Å²) >= 11 is 3.24. The van der Waals surface area contributed by atoms with E-state index in [1.807, 2.05) is 6.07 Å². The molecule has 0 N–H and O–H groups in total. The lowest BCUT2D eigenvalue weighted by atomic mass is 10.1. The van der Waals surface area contributed by atoms with Gasteiger partial charge in [-0.05, 0) is 12.1 Å². The Morgan fingerprint density at radius 1 is 1.46 bits per heavy atom. The Labute approximate surface area is 82.8 Å². The molecular weight excluding hydrogens is 239 g/mol. The molecule has 0 unspecified atom stereocenters. The third kappa shape index (κ3) is 1.09. The fourth-order valence-corrected chi connectivity index (χ4v) is 2.10. The van der Waals surface area contributed by atoms with Crippen molar-refractivity contribution >= 4 is 15.9 Å². The van der Waals surface area contributed by atoms with Gasteiger partial charge >= 0.3 is 0 Å². The lowest BCUT2D eigenvalue weighted by Crippen LogP contribution is -2.13. The van der Waals surface area contributed by atoms with E-state index in [9.17, 15) is 4.39 Å². The van der Waals surface area contributed by atoms with Crippen molar-refractivity contribution in [1.29, 1.82) is 0 Å². The van der Waals surface area contributed by atoms with Crippen molar-refractivity contribution in [3.05, 3.63) is 28.0 Å². The van der Waals surface area contributed by atoms with Gasteiger partial charge in [-0.2, -0.15) is 0 Å². The summed E-state index contributed by atoms with van der Waals surface area (Å²) in [4.78, 5) is 0. The topological polar surface area (TPSA) is 21.8 Å². The van der Waals surface area contributed by atoms with Gasteiger partial charge in [0, 0.05) is 10.0 Å². The molecule has 0 aromatic heterocycles. The fourth-order valence-electron chi connectivity index (χ4n) is 1.65. The largest absolute Gasteiger partial charge is 0.487 e. The zero-order chi connectivity index (χ0) is 9.00. The van der Waals surface area contributed by atoms with E-state index in [2.05, 4.69) is 15.9 Å². The smallest absolute Gasteiger partial charge is 0.166 e. The van der Waals surface area contributed by atoms with E-state index in [1.165, 1.54) is 6.07 Å². The molecule has 2 atom stereocenters. The lowest BCUT2D eigenvalue weighted by Gasteiger charge is -2.14. The van der Waals surface area contributed by atoms with Gasteiger partial charge in [0.25, 0.3) is 0 Å². The van der Waals surface area contributed by atoms with Crippen molar-refractivity contribution in [3.63, 3.8) is 0 Å². The minimum Gasteiger partial charge on any atom is -0.487 e. The normalized spacial score (nSPS) is 28.8. The predicted octanol–water partition coefficient (Wildman–Crippen LogP) is 2.42. The van der Waals surface area contributed by atoms with E-state index < -0.39 is 0 Å². The second-order valence-corrected chi connectivity index (χ2v) is 4.13. The van der Waals surface area contributed by atoms with Gasteiger partial charge in [-0.15, -0.1) is 0 Å². The summed E-state index contributed by atoms with van der Waals surface area (Å²) in [5.74, 6) is 0.0280. The molecule has 0 radical (unpaired) electrons. The average Bonchev–Trinajstić information content (AvgIpc) is 2.82. The van der Waals surface area contributed by atoms with Crippen molar-refractivity contribution in [1.82, 2.24) is 0 Å². The Hall–Kier alpha value is -0.610. The van der Waals surface area contributed by atoms with Crippen LogP contribution in [0.2, 0.25) is 0 Å². The van der Waals surface area contributed by atoms with Crippen LogP contribution >= 0.6 is 15.9 Å². The van der Waals surface area contributed by atoms with Gasteiger partial charge in [0.1, 0.15) is 18.8 Å². The first-order valence-corrected chi connectivity index (χ1v) is 4.82. The quantitative estimate of drug-likeness (QED) is 0.654. The van der Waals surface area contributed by atoms with E-state index >= 15 is 0 Å². The van der Waals surface area contributed by atoms with E-state index in [4.69, 9.17) is 9.47 Å². The molecule has 3 rings (SSSR count). The zero-order valence-corrected chi connectivity index (χ0v) is 8.17. The maximum absolute atomic E-state index is 13.3. The SMILES string of the molecule is Fc1cc(Br)cc2c1OC[C@H]1O[C@@H]21. The van der Waals surface area contributed by atoms with Gasteiger partial charge in [-0.25, -0.2) is 4.39 Å². The van der Waals surface area contributed by atoms with Crippen LogP contribution in [-0.4, -0.2) is 12.7 Å². The minimum atomic E-state index is -0.321. The minimum absolute atomic E-state index is 0.0516. The Morgan fingerprint density at radius 2 is 2.31 bits per heavy atom. The summed E-state index contributed by atoms with van der Waals surface area (Å²) in [6, 6.07) is 3.25. The highest BCUT2D eigenvalue weighted by Gasteiger charge is 2.46. The van der Waals surface area contributed by atoms with Crippen LogP contribution in [0.25, 0.3) is 0 Å². The van der Waals surface area contributed by atoms with Crippen LogP contribution in [0.15, 0.2) is 16.6 Å². The molecule has 1 aromatic carbocycles. The second-order valence-electron chi connectivity index (χ2n) is 3.21. The van der Waals surface area contributed by atoms with Crippen molar-refractivity contribution in [2.45, 2.75) is 12.2 Å². The molecule has 2 heterocycles. The highest BCUT2D eigenvalue weighted by Crippen LogP contribution is 2.48. The van der Waals surface area contributed by atoms with E-state index in [-0.39, 0.29) is 18.0 Å². The predicted molar refractivity (Wildman–Crippen MR) is 47.2 cm³/mol. The summed E-state index contributed by atoms with van der Waals surface area (Å²) in [7, 11) is 0. The second kappa shape index (κ2) is 2.45. The Bertz CT molecular complexity index is 380. The third-order valence-corrected chi connectivity index (χ3v) is 2.78. The highest BCUT2D eigenvalue weighted by atomic mass is 79.9.